The van der Waals surface area contributed by atoms with Crippen molar-refractivity contribution < 1.29 is 0 Å². The number of hydrogen-bond donors (Lipinski definition) is 4. The first kappa shape index (κ1) is 13.7. The Morgan fingerprint density at radius 2 is 1.87 bits per heavy atom. The van der Waals surface area contributed by atoms with Crippen molar-refractivity contribution in [3.63, 3.8) is 0 Å². The molecule has 0 unspecified atom stereocenters. The van der Waals surface area contributed by atoms with E-state index in [4.69, 9.17) is 22.6 Å². The fourth-order valence-corrected chi connectivity index (χ4v) is 1.20. The van der Waals surface area contributed by atoms with Gasteiger partial charge < -0.3 is 22.1 Å². The summed E-state index contributed by atoms with van der Waals surface area (Å²) in [5.74, 6) is 0.684. The number of amidine groups is 1. The van der Waals surface area contributed by atoms with Crippen molar-refractivity contribution >= 4 is 11.8 Å². The van der Waals surface area contributed by atoms with E-state index < -0.39 is 0 Å². The lowest BCUT2D eigenvalue weighted by molar-refractivity contribution is 0.402. The molecule has 0 aliphatic carbocycles. The Kier molecular flexibility index (Phi) is 7.35. The van der Waals surface area contributed by atoms with E-state index in [1.54, 1.807) is 6.92 Å². The quantitative estimate of drug-likeness (QED) is 0.254. The molecule has 7 N–H and O–H groups in total. The molecule has 0 aromatic carbocycles. The molecule has 15 heavy (non-hydrogen) atoms. The van der Waals surface area contributed by atoms with Crippen molar-refractivity contribution in [2.75, 3.05) is 26.2 Å². The van der Waals surface area contributed by atoms with E-state index in [1.165, 1.54) is 0 Å². The van der Waals surface area contributed by atoms with E-state index in [0.29, 0.717) is 18.9 Å². The van der Waals surface area contributed by atoms with E-state index in [9.17, 15) is 0 Å². The molecule has 0 aromatic rings. The normalized spacial score (nSPS) is 9.73. The Bertz CT molecular complexity index is 209. The van der Waals surface area contributed by atoms with Gasteiger partial charge in [-0.25, -0.2) is 0 Å². The molecule has 0 saturated heterocycles. The minimum absolute atomic E-state index is 0.120. The topological polar surface area (TPSA) is 118 Å². The first-order chi connectivity index (χ1) is 7.07. The predicted octanol–water partition coefficient (Wildman–Crippen LogP) is -0.702. The lowest BCUT2D eigenvalue weighted by Crippen LogP contribution is -2.32. The zero-order valence-electron chi connectivity index (χ0n) is 9.37. The number of hydrogen-bond acceptors (Lipinski definition) is 3. The van der Waals surface area contributed by atoms with Crippen molar-refractivity contribution in [2.24, 2.45) is 22.2 Å². The van der Waals surface area contributed by atoms with Crippen LogP contribution < -0.4 is 17.2 Å². The molecule has 0 bridgehead atoms. The fourth-order valence-electron chi connectivity index (χ4n) is 1.20. The third-order valence-corrected chi connectivity index (χ3v) is 1.99. The average molecular weight is 214 g/mol. The number of rotatable bonds is 7. The highest BCUT2D eigenvalue weighted by molar-refractivity contribution is 5.76. The van der Waals surface area contributed by atoms with Crippen LogP contribution in [0.25, 0.3) is 0 Å². The second-order valence-electron chi connectivity index (χ2n) is 3.37. The summed E-state index contributed by atoms with van der Waals surface area (Å²) in [4.78, 5) is 5.87. The van der Waals surface area contributed by atoms with Gasteiger partial charge >= 0.3 is 0 Å². The summed E-state index contributed by atoms with van der Waals surface area (Å²) in [5, 5.41) is 7.55. The van der Waals surface area contributed by atoms with Crippen LogP contribution in [0, 0.1) is 5.41 Å². The van der Waals surface area contributed by atoms with Crippen LogP contribution in [0.15, 0.2) is 4.99 Å². The predicted molar refractivity (Wildman–Crippen MR) is 63.9 cm³/mol. The van der Waals surface area contributed by atoms with Gasteiger partial charge in [0.05, 0.1) is 5.84 Å². The zero-order chi connectivity index (χ0) is 11.7. The van der Waals surface area contributed by atoms with Gasteiger partial charge in [0.25, 0.3) is 0 Å². The Balaban J connectivity index is 3.76. The summed E-state index contributed by atoms with van der Waals surface area (Å²) in [7, 11) is 0. The molecule has 0 atom stereocenters. The lowest BCUT2D eigenvalue weighted by Gasteiger charge is -2.22. The molecule has 0 fully saturated rings. The number of nitrogens with two attached hydrogens (primary N) is 3. The smallest absolute Gasteiger partial charge is 0.185 e. The SMILES string of the molecule is CC(=N)N(CCCN)CCCN=C(N)N. The number of aliphatic imine (C=N–C) groups is 1. The third-order valence-electron chi connectivity index (χ3n) is 1.99. The summed E-state index contributed by atoms with van der Waals surface area (Å²) in [5.41, 5.74) is 15.8. The van der Waals surface area contributed by atoms with Crippen LogP contribution in [0.5, 0.6) is 0 Å². The maximum Gasteiger partial charge on any atom is 0.185 e. The monoisotopic (exact) mass is 214 g/mol. The van der Waals surface area contributed by atoms with Crippen molar-refractivity contribution in [2.45, 2.75) is 19.8 Å². The van der Waals surface area contributed by atoms with E-state index in [0.717, 1.165) is 25.9 Å². The molecule has 88 valence electrons. The number of nitrogens with one attached hydrogen (secondary N) is 1. The second-order valence-corrected chi connectivity index (χ2v) is 3.37. The number of nitrogens with zero attached hydrogens (tertiary/aromatic N) is 2. The molecule has 0 heterocycles. The van der Waals surface area contributed by atoms with E-state index in [1.807, 2.05) is 4.90 Å². The van der Waals surface area contributed by atoms with Crippen molar-refractivity contribution in [1.29, 1.82) is 5.41 Å². The molecule has 0 spiro atoms. The molecule has 0 aliphatic rings. The van der Waals surface area contributed by atoms with Gasteiger partial charge in [0.15, 0.2) is 5.96 Å². The van der Waals surface area contributed by atoms with Crippen molar-refractivity contribution in [1.82, 2.24) is 4.90 Å². The van der Waals surface area contributed by atoms with Gasteiger partial charge in [0, 0.05) is 19.6 Å². The largest absolute Gasteiger partial charge is 0.370 e. The van der Waals surface area contributed by atoms with Gasteiger partial charge in [-0.15, -0.1) is 0 Å². The molecule has 0 aromatic heterocycles. The third kappa shape index (κ3) is 7.75. The highest BCUT2D eigenvalue weighted by Crippen LogP contribution is 1.95. The maximum atomic E-state index is 7.55. The van der Waals surface area contributed by atoms with Gasteiger partial charge in [-0.1, -0.05) is 0 Å². The van der Waals surface area contributed by atoms with Crippen LogP contribution in [-0.2, 0) is 0 Å². The molecular weight excluding hydrogens is 192 g/mol. The number of guanidine groups is 1. The Morgan fingerprint density at radius 1 is 1.27 bits per heavy atom. The van der Waals surface area contributed by atoms with Gasteiger partial charge in [-0.05, 0) is 26.3 Å². The Morgan fingerprint density at radius 3 is 2.33 bits per heavy atom. The maximum absolute atomic E-state index is 7.55. The minimum Gasteiger partial charge on any atom is -0.370 e. The molecule has 0 saturated carbocycles. The van der Waals surface area contributed by atoms with E-state index in [-0.39, 0.29) is 5.96 Å². The first-order valence-electron chi connectivity index (χ1n) is 5.13. The summed E-state index contributed by atoms with van der Waals surface area (Å²) in [6, 6.07) is 0. The highest BCUT2D eigenvalue weighted by Gasteiger charge is 2.03. The van der Waals surface area contributed by atoms with E-state index >= 15 is 0 Å². The van der Waals surface area contributed by atoms with Crippen LogP contribution in [0.3, 0.4) is 0 Å². The highest BCUT2D eigenvalue weighted by atomic mass is 15.2. The standard InChI is InChI=1S/C9H22N6/c1-8(11)15(6-2-4-10)7-3-5-14-9(12)13/h11H,2-7,10H2,1H3,(H4,12,13,14). The molecule has 0 aliphatic heterocycles. The summed E-state index contributed by atoms with van der Waals surface area (Å²) in [6.45, 7) is 4.66. The van der Waals surface area contributed by atoms with Crippen LogP contribution in [0.4, 0.5) is 0 Å². The average Bonchev–Trinajstić information content (AvgIpc) is 2.15. The molecule has 6 nitrogen and oxygen atoms in total. The van der Waals surface area contributed by atoms with Gasteiger partial charge in [0.2, 0.25) is 0 Å². The fraction of sp³-hybridized carbons (Fsp3) is 0.778. The van der Waals surface area contributed by atoms with Crippen molar-refractivity contribution in [3.8, 4) is 0 Å². The summed E-state index contributed by atoms with van der Waals surface area (Å²) >= 11 is 0. The Labute approximate surface area is 91.0 Å². The molecule has 0 amide bonds. The van der Waals surface area contributed by atoms with Crippen molar-refractivity contribution in [3.05, 3.63) is 0 Å². The first-order valence-corrected chi connectivity index (χ1v) is 5.13. The van der Waals surface area contributed by atoms with Gasteiger partial charge in [0.1, 0.15) is 0 Å². The molecular formula is C9H22N6. The Hall–Kier alpha value is -1.30. The summed E-state index contributed by atoms with van der Waals surface area (Å²) in [6.07, 6.45) is 1.75. The zero-order valence-corrected chi connectivity index (χ0v) is 9.37. The molecule has 0 rings (SSSR count). The van der Waals surface area contributed by atoms with Gasteiger partial charge in [-0.2, -0.15) is 0 Å². The van der Waals surface area contributed by atoms with Crippen LogP contribution in [0.1, 0.15) is 19.8 Å². The van der Waals surface area contributed by atoms with E-state index in [2.05, 4.69) is 4.99 Å². The second kappa shape index (κ2) is 8.05. The van der Waals surface area contributed by atoms with Crippen LogP contribution >= 0.6 is 0 Å². The van der Waals surface area contributed by atoms with Crippen LogP contribution in [0.2, 0.25) is 0 Å². The summed E-state index contributed by atoms with van der Waals surface area (Å²) < 4.78 is 0. The lowest BCUT2D eigenvalue weighted by atomic mass is 10.3. The van der Waals surface area contributed by atoms with Crippen LogP contribution in [-0.4, -0.2) is 42.9 Å². The minimum atomic E-state index is 0.120. The molecule has 0 radical (unpaired) electrons. The molecule has 6 heteroatoms. The van der Waals surface area contributed by atoms with Gasteiger partial charge in [-0.3, -0.25) is 10.4 Å².